The van der Waals surface area contributed by atoms with Gasteiger partial charge in [-0.3, -0.25) is 0 Å². The number of hydrazine groups is 1. The quantitative estimate of drug-likeness (QED) is 0.406. The van der Waals surface area contributed by atoms with Crippen LogP contribution in [-0.2, 0) is 6.42 Å². The van der Waals surface area contributed by atoms with Crippen molar-refractivity contribution in [1.82, 2.24) is 10.7 Å². The second kappa shape index (κ2) is 9.58. The van der Waals surface area contributed by atoms with E-state index >= 15 is 0 Å². The Bertz CT molecular complexity index is 626. The van der Waals surface area contributed by atoms with E-state index in [1.807, 2.05) is 55.6 Å². The SMILES string of the molecule is CCNC(=S)N[NH+]=Cc1ccc(OCCc2ccccc2)cc1. The summed E-state index contributed by atoms with van der Waals surface area (Å²) < 4.78 is 5.76. The van der Waals surface area contributed by atoms with Crippen LogP contribution in [0.1, 0.15) is 18.1 Å². The molecule has 0 spiro atoms. The molecule has 0 aliphatic heterocycles. The summed E-state index contributed by atoms with van der Waals surface area (Å²) in [6.45, 7) is 3.46. The second-order valence-electron chi connectivity index (χ2n) is 4.93. The molecule has 0 aliphatic carbocycles. The zero-order valence-corrected chi connectivity index (χ0v) is 14.0. The Kier molecular flexibility index (Phi) is 7.07. The van der Waals surface area contributed by atoms with Crippen molar-refractivity contribution < 1.29 is 9.84 Å². The average Bonchev–Trinajstić information content (AvgIpc) is 2.57. The first-order valence-electron chi connectivity index (χ1n) is 7.67. The normalized spacial score (nSPS) is 10.5. The third-order valence-corrected chi connectivity index (χ3v) is 3.39. The van der Waals surface area contributed by atoms with Crippen molar-refractivity contribution in [2.24, 2.45) is 0 Å². The molecule has 0 fully saturated rings. The Balaban J connectivity index is 1.75. The smallest absolute Gasteiger partial charge is 0.223 e. The maximum absolute atomic E-state index is 5.76. The maximum Gasteiger partial charge on any atom is 0.223 e. The molecule has 0 aromatic heterocycles. The molecule has 2 rings (SSSR count). The molecule has 3 N–H and O–H groups in total. The largest absolute Gasteiger partial charge is 0.493 e. The average molecular weight is 328 g/mol. The van der Waals surface area contributed by atoms with E-state index in [1.165, 1.54) is 5.56 Å². The van der Waals surface area contributed by atoms with E-state index in [2.05, 4.69) is 28.0 Å². The van der Waals surface area contributed by atoms with Gasteiger partial charge < -0.3 is 10.1 Å². The monoisotopic (exact) mass is 328 g/mol. The van der Waals surface area contributed by atoms with Crippen molar-refractivity contribution in [2.75, 3.05) is 13.2 Å². The maximum atomic E-state index is 5.76. The summed E-state index contributed by atoms with van der Waals surface area (Å²) in [4.78, 5) is 0. The van der Waals surface area contributed by atoms with Gasteiger partial charge in [-0.05, 0) is 49.0 Å². The minimum absolute atomic E-state index is 0.574. The predicted octanol–water partition coefficient (Wildman–Crippen LogP) is 1.21. The topological polar surface area (TPSA) is 47.3 Å². The Morgan fingerprint density at radius 1 is 1.13 bits per heavy atom. The van der Waals surface area contributed by atoms with E-state index in [-0.39, 0.29) is 0 Å². The van der Waals surface area contributed by atoms with Crippen LogP contribution in [0.25, 0.3) is 0 Å². The van der Waals surface area contributed by atoms with Crippen molar-refractivity contribution in [1.29, 1.82) is 0 Å². The first kappa shape index (κ1) is 17.0. The van der Waals surface area contributed by atoms with Gasteiger partial charge in [0.15, 0.2) is 6.21 Å². The highest BCUT2D eigenvalue weighted by Gasteiger charge is 1.98. The number of nitrogens with one attached hydrogen (secondary N) is 3. The highest BCUT2D eigenvalue weighted by Crippen LogP contribution is 2.11. The van der Waals surface area contributed by atoms with Crippen LogP contribution < -0.4 is 20.6 Å². The van der Waals surface area contributed by atoms with E-state index in [4.69, 9.17) is 17.0 Å². The van der Waals surface area contributed by atoms with Gasteiger partial charge in [0.2, 0.25) is 5.11 Å². The molecule has 120 valence electrons. The van der Waals surface area contributed by atoms with Crippen LogP contribution in [0, 0.1) is 0 Å². The molecule has 0 radical (unpaired) electrons. The van der Waals surface area contributed by atoms with Crippen LogP contribution in [0.3, 0.4) is 0 Å². The van der Waals surface area contributed by atoms with Crippen LogP contribution in [-0.4, -0.2) is 24.5 Å². The minimum Gasteiger partial charge on any atom is -0.493 e. The highest BCUT2D eigenvalue weighted by molar-refractivity contribution is 7.80. The van der Waals surface area contributed by atoms with Crippen molar-refractivity contribution >= 4 is 23.5 Å². The molecule has 2 aromatic rings. The van der Waals surface area contributed by atoms with Crippen LogP contribution in [0.5, 0.6) is 5.75 Å². The number of benzene rings is 2. The first-order chi connectivity index (χ1) is 11.3. The fourth-order valence-corrected chi connectivity index (χ4v) is 2.18. The Morgan fingerprint density at radius 3 is 2.57 bits per heavy atom. The van der Waals surface area contributed by atoms with Gasteiger partial charge in [-0.2, -0.15) is 0 Å². The molecular weight excluding hydrogens is 306 g/mol. The molecule has 23 heavy (non-hydrogen) atoms. The van der Waals surface area contributed by atoms with Crippen molar-refractivity contribution in [2.45, 2.75) is 13.3 Å². The molecule has 0 heterocycles. The molecule has 0 aliphatic rings. The summed E-state index contributed by atoms with van der Waals surface area (Å²) >= 11 is 5.05. The summed E-state index contributed by atoms with van der Waals surface area (Å²) in [6, 6.07) is 18.2. The summed E-state index contributed by atoms with van der Waals surface area (Å²) in [5.41, 5.74) is 5.20. The first-order valence-corrected chi connectivity index (χ1v) is 8.08. The van der Waals surface area contributed by atoms with Crippen molar-refractivity contribution in [3.63, 3.8) is 0 Å². The summed E-state index contributed by atoms with van der Waals surface area (Å²) in [6.07, 6.45) is 2.75. The number of hydrazone groups is 1. The molecule has 5 heteroatoms. The lowest BCUT2D eigenvalue weighted by Gasteiger charge is -2.06. The lowest BCUT2D eigenvalue weighted by atomic mass is 10.2. The van der Waals surface area contributed by atoms with E-state index in [9.17, 15) is 0 Å². The Labute approximate surface area is 142 Å². The number of rotatable bonds is 7. The zero-order valence-electron chi connectivity index (χ0n) is 13.2. The van der Waals surface area contributed by atoms with E-state index in [1.54, 1.807) is 0 Å². The minimum atomic E-state index is 0.574. The number of thiocarbonyl (C=S) groups is 1. The van der Waals surface area contributed by atoms with Gasteiger partial charge in [0.25, 0.3) is 0 Å². The predicted molar refractivity (Wildman–Crippen MR) is 97.6 cm³/mol. The molecule has 0 unspecified atom stereocenters. The van der Waals surface area contributed by atoms with Crippen molar-refractivity contribution in [3.05, 3.63) is 65.7 Å². The molecular formula is C18H22N3OS+. The van der Waals surface area contributed by atoms with Gasteiger partial charge in [0.05, 0.1) is 6.61 Å². The van der Waals surface area contributed by atoms with Crippen LogP contribution in [0.2, 0.25) is 0 Å². The summed E-state index contributed by atoms with van der Waals surface area (Å²) in [5.74, 6) is 0.870. The molecule has 0 atom stereocenters. The summed E-state index contributed by atoms with van der Waals surface area (Å²) in [5, 5.41) is 6.52. The standard InChI is InChI=1S/C18H21N3OS/c1-2-19-18(23)21-20-14-16-8-10-17(11-9-16)22-13-12-15-6-4-3-5-7-15/h3-11,14H,2,12-13H2,1H3,(H2,19,21,23)/p+1. The lowest BCUT2D eigenvalue weighted by molar-refractivity contribution is -0.500. The van der Waals surface area contributed by atoms with E-state index in [0.29, 0.717) is 11.7 Å². The number of hydrogen-bond donors (Lipinski definition) is 3. The van der Waals surface area contributed by atoms with Gasteiger partial charge in [0.1, 0.15) is 5.75 Å². The van der Waals surface area contributed by atoms with Crippen molar-refractivity contribution in [3.8, 4) is 5.75 Å². The number of hydrogen-bond acceptors (Lipinski definition) is 2. The third-order valence-electron chi connectivity index (χ3n) is 3.14. The fourth-order valence-electron chi connectivity index (χ4n) is 1.98. The lowest BCUT2D eigenvalue weighted by Crippen LogP contribution is -2.82. The van der Waals surface area contributed by atoms with Gasteiger partial charge in [-0.1, -0.05) is 30.3 Å². The Hall–Kier alpha value is -2.40. The second-order valence-corrected chi connectivity index (χ2v) is 5.33. The van der Waals surface area contributed by atoms with Crippen LogP contribution in [0.4, 0.5) is 0 Å². The van der Waals surface area contributed by atoms with Gasteiger partial charge in [0, 0.05) is 18.5 Å². The highest BCUT2D eigenvalue weighted by atomic mass is 32.1. The van der Waals surface area contributed by atoms with E-state index < -0.39 is 0 Å². The number of ether oxygens (including phenoxy) is 1. The molecule has 0 amide bonds. The molecule has 0 bridgehead atoms. The molecule has 0 saturated carbocycles. The fraction of sp³-hybridized carbons (Fsp3) is 0.222. The van der Waals surface area contributed by atoms with Gasteiger partial charge >= 0.3 is 0 Å². The zero-order chi connectivity index (χ0) is 16.3. The molecule has 4 nitrogen and oxygen atoms in total. The molecule has 0 saturated heterocycles. The van der Waals surface area contributed by atoms with Crippen LogP contribution >= 0.6 is 12.2 Å². The summed E-state index contributed by atoms with van der Waals surface area (Å²) in [7, 11) is 0. The van der Waals surface area contributed by atoms with Gasteiger partial charge in [-0.15, -0.1) is 10.5 Å². The van der Waals surface area contributed by atoms with Crippen LogP contribution in [0.15, 0.2) is 54.6 Å². The third kappa shape index (κ3) is 6.48. The van der Waals surface area contributed by atoms with E-state index in [0.717, 1.165) is 24.3 Å². The Morgan fingerprint density at radius 2 is 1.87 bits per heavy atom. The molecule has 2 aromatic carbocycles. The van der Waals surface area contributed by atoms with Gasteiger partial charge in [-0.25, -0.2) is 0 Å².